The van der Waals surface area contributed by atoms with Gasteiger partial charge in [-0.25, -0.2) is 0 Å². The van der Waals surface area contributed by atoms with Crippen LogP contribution in [0.5, 0.6) is 5.75 Å². The quantitative estimate of drug-likeness (QED) is 0.792. The highest BCUT2D eigenvalue weighted by atomic mass is 16.7. The molecular weight excluding hydrogens is 220 g/mol. The Bertz CT molecular complexity index is 440. The second kappa shape index (κ2) is 4.70. The molecule has 2 rings (SSSR count). The molecule has 1 unspecified atom stereocenters. The highest BCUT2D eigenvalue weighted by molar-refractivity contribution is 5.32. The molecule has 1 aliphatic heterocycles. The van der Waals surface area contributed by atoms with E-state index in [2.05, 4.69) is 4.98 Å². The smallest absolute Gasteiger partial charge is 0.163 e. The molecule has 1 aromatic heterocycles. The lowest BCUT2D eigenvalue weighted by molar-refractivity contribution is -0.141. The first-order valence-corrected chi connectivity index (χ1v) is 5.39. The van der Waals surface area contributed by atoms with E-state index in [0.717, 1.165) is 0 Å². The molecule has 0 aliphatic carbocycles. The first-order chi connectivity index (χ1) is 8.09. The molecule has 1 atom stereocenters. The van der Waals surface area contributed by atoms with Crippen LogP contribution in [-0.4, -0.2) is 30.1 Å². The second-order valence-electron chi connectivity index (χ2n) is 4.28. The van der Waals surface area contributed by atoms with Gasteiger partial charge in [-0.1, -0.05) is 0 Å². The molecule has 1 aliphatic rings. The number of hydrogen-bond acceptors (Lipinski definition) is 5. The summed E-state index contributed by atoms with van der Waals surface area (Å²) in [6, 6.07) is 3.66. The summed E-state index contributed by atoms with van der Waals surface area (Å²) in [5.41, 5.74) is 0.478. The fraction of sp³-hybridized carbons (Fsp3) is 0.500. The van der Waals surface area contributed by atoms with Crippen molar-refractivity contribution >= 4 is 0 Å². The Morgan fingerprint density at radius 2 is 2.41 bits per heavy atom. The Morgan fingerprint density at radius 3 is 3.06 bits per heavy atom. The van der Waals surface area contributed by atoms with Crippen LogP contribution < -0.4 is 4.74 Å². The van der Waals surface area contributed by atoms with Gasteiger partial charge in [-0.2, -0.15) is 5.26 Å². The third-order valence-corrected chi connectivity index (χ3v) is 2.35. The first-order valence-electron chi connectivity index (χ1n) is 5.39. The summed E-state index contributed by atoms with van der Waals surface area (Å²) in [5.74, 6) is 0.0261. The van der Waals surface area contributed by atoms with Crippen molar-refractivity contribution in [3.05, 3.63) is 24.0 Å². The van der Waals surface area contributed by atoms with Gasteiger partial charge >= 0.3 is 0 Å². The van der Waals surface area contributed by atoms with E-state index in [0.29, 0.717) is 24.5 Å². The van der Waals surface area contributed by atoms with Gasteiger partial charge in [-0.15, -0.1) is 0 Å². The van der Waals surface area contributed by atoms with Gasteiger partial charge in [-0.05, 0) is 13.8 Å². The van der Waals surface area contributed by atoms with E-state index < -0.39 is 5.79 Å². The predicted molar refractivity (Wildman–Crippen MR) is 59.4 cm³/mol. The zero-order valence-corrected chi connectivity index (χ0v) is 9.84. The highest BCUT2D eigenvalue weighted by Crippen LogP contribution is 2.23. The SMILES string of the molecule is CC1(C)OCC(COc2cncc(C#N)c2)O1. The minimum absolute atomic E-state index is 0.0873. The van der Waals surface area contributed by atoms with Gasteiger partial charge in [0.1, 0.15) is 24.5 Å². The number of pyridine rings is 1. The maximum absolute atomic E-state index is 8.72. The lowest BCUT2D eigenvalue weighted by Gasteiger charge is -2.17. The topological polar surface area (TPSA) is 64.4 Å². The summed E-state index contributed by atoms with van der Waals surface area (Å²) >= 11 is 0. The maximum Gasteiger partial charge on any atom is 0.163 e. The van der Waals surface area contributed by atoms with Crippen LogP contribution in [0.4, 0.5) is 0 Å². The summed E-state index contributed by atoms with van der Waals surface area (Å²) in [6.07, 6.45) is 2.98. The number of nitriles is 1. The average molecular weight is 234 g/mol. The third-order valence-electron chi connectivity index (χ3n) is 2.35. The molecule has 17 heavy (non-hydrogen) atoms. The minimum Gasteiger partial charge on any atom is -0.489 e. The molecule has 1 aromatic rings. The van der Waals surface area contributed by atoms with Crippen molar-refractivity contribution in [3.63, 3.8) is 0 Å². The van der Waals surface area contributed by atoms with Crippen molar-refractivity contribution in [2.24, 2.45) is 0 Å². The Balaban J connectivity index is 1.88. The van der Waals surface area contributed by atoms with E-state index in [1.807, 2.05) is 19.9 Å². The van der Waals surface area contributed by atoms with Crippen LogP contribution in [0, 0.1) is 11.3 Å². The largest absolute Gasteiger partial charge is 0.489 e. The van der Waals surface area contributed by atoms with Gasteiger partial charge in [-0.3, -0.25) is 4.98 Å². The van der Waals surface area contributed by atoms with Gasteiger partial charge in [0.05, 0.1) is 18.4 Å². The first kappa shape index (κ1) is 11.8. The van der Waals surface area contributed by atoms with Crippen molar-refractivity contribution in [3.8, 4) is 11.8 Å². The zero-order valence-electron chi connectivity index (χ0n) is 9.84. The summed E-state index contributed by atoms with van der Waals surface area (Å²) in [5, 5.41) is 8.72. The van der Waals surface area contributed by atoms with Gasteiger partial charge in [0.15, 0.2) is 5.79 Å². The van der Waals surface area contributed by atoms with Crippen LogP contribution in [0.25, 0.3) is 0 Å². The monoisotopic (exact) mass is 234 g/mol. The Hall–Kier alpha value is -1.64. The molecule has 0 bridgehead atoms. The van der Waals surface area contributed by atoms with Crippen LogP contribution in [0.2, 0.25) is 0 Å². The molecule has 0 aromatic carbocycles. The lowest BCUT2D eigenvalue weighted by Crippen LogP contribution is -2.25. The predicted octanol–water partition coefficient (Wildman–Crippen LogP) is 1.48. The normalized spacial score (nSPS) is 22.1. The molecule has 90 valence electrons. The van der Waals surface area contributed by atoms with E-state index in [1.165, 1.54) is 6.20 Å². The lowest BCUT2D eigenvalue weighted by atomic mass is 10.3. The van der Waals surface area contributed by atoms with Crippen molar-refractivity contribution in [1.82, 2.24) is 4.98 Å². The molecule has 1 fully saturated rings. The third kappa shape index (κ3) is 3.16. The average Bonchev–Trinajstić information content (AvgIpc) is 2.67. The zero-order chi connectivity index (χ0) is 12.3. The molecule has 0 N–H and O–H groups in total. The fourth-order valence-corrected chi connectivity index (χ4v) is 1.59. The standard InChI is InChI=1S/C12H14N2O3/c1-12(2)16-8-11(17-12)7-15-10-3-9(4-13)5-14-6-10/h3,5-6,11H,7-8H2,1-2H3. The molecule has 2 heterocycles. The molecule has 0 saturated carbocycles. The van der Waals surface area contributed by atoms with Gasteiger partial charge in [0, 0.05) is 12.3 Å². The van der Waals surface area contributed by atoms with Crippen molar-refractivity contribution < 1.29 is 14.2 Å². The van der Waals surface area contributed by atoms with Crippen LogP contribution in [0.3, 0.4) is 0 Å². The van der Waals surface area contributed by atoms with Crippen LogP contribution in [-0.2, 0) is 9.47 Å². The summed E-state index contributed by atoms with van der Waals surface area (Å²) < 4.78 is 16.5. The molecule has 0 radical (unpaired) electrons. The molecule has 0 amide bonds. The van der Waals surface area contributed by atoms with Crippen molar-refractivity contribution in [1.29, 1.82) is 5.26 Å². The maximum atomic E-state index is 8.72. The van der Waals surface area contributed by atoms with Gasteiger partial charge in [0.2, 0.25) is 0 Å². The highest BCUT2D eigenvalue weighted by Gasteiger charge is 2.32. The second-order valence-corrected chi connectivity index (χ2v) is 4.28. The molecule has 1 saturated heterocycles. The van der Waals surface area contributed by atoms with Crippen molar-refractivity contribution in [2.75, 3.05) is 13.2 Å². The van der Waals surface area contributed by atoms with E-state index in [4.69, 9.17) is 19.5 Å². The number of hydrogen-bond donors (Lipinski definition) is 0. The van der Waals surface area contributed by atoms with E-state index >= 15 is 0 Å². The molecule has 0 spiro atoms. The summed E-state index contributed by atoms with van der Waals surface area (Å²) in [6.45, 7) is 4.63. The minimum atomic E-state index is -0.541. The van der Waals surface area contributed by atoms with Crippen LogP contribution in [0.15, 0.2) is 18.5 Å². The van der Waals surface area contributed by atoms with E-state index in [1.54, 1.807) is 12.3 Å². The van der Waals surface area contributed by atoms with Crippen molar-refractivity contribution in [2.45, 2.75) is 25.7 Å². The fourth-order valence-electron chi connectivity index (χ4n) is 1.59. The number of nitrogens with zero attached hydrogens (tertiary/aromatic N) is 2. The molecular formula is C12H14N2O3. The van der Waals surface area contributed by atoms with Crippen LogP contribution in [0.1, 0.15) is 19.4 Å². The number of ether oxygens (including phenoxy) is 3. The Labute approximate surface area is 99.9 Å². The van der Waals surface area contributed by atoms with E-state index in [-0.39, 0.29) is 6.10 Å². The molecule has 5 nitrogen and oxygen atoms in total. The summed E-state index contributed by atoms with van der Waals surface area (Å²) in [4.78, 5) is 3.91. The van der Waals surface area contributed by atoms with Crippen LogP contribution >= 0.6 is 0 Å². The van der Waals surface area contributed by atoms with E-state index in [9.17, 15) is 0 Å². The number of rotatable bonds is 3. The Morgan fingerprint density at radius 1 is 1.59 bits per heavy atom. The Kier molecular flexibility index (Phi) is 3.27. The van der Waals surface area contributed by atoms with Gasteiger partial charge in [0.25, 0.3) is 0 Å². The summed E-state index contributed by atoms with van der Waals surface area (Å²) in [7, 11) is 0. The van der Waals surface area contributed by atoms with Gasteiger partial charge < -0.3 is 14.2 Å². The number of aromatic nitrogens is 1. The molecule has 5 heteroatoms.